The van der Waals surface area contributed by atoms with Crippen molar-refractivity contribution < 1.29 is 9.47 Å². The molecule has 0 amide bonds. The number of guanidine groups is 1. The maximum absolute atomic E-state index is 5.39. The van der Waals surface area contributed by atoms with Crippen LogP contribution in [0, 0.1) is 6.92 Å². The second-order valence-corrected chi connectivity index (χ2v) is 5.50. The normalized spacial score (nSPS) is 11.7. The zero-order valence-corrected chi connectivity index (χ0v) is 13.3. The Morgan fingerprint density at radius 2 is 2.20 bits per heavy atom. The van der Waals surface area contributed by atoms with Gasteiger partial charge in [0, 0.05) is 38.4 Å². The van der Waals surface area contributed by atoms with Gasteiger partial charge in [0.25, 0.3) is 0 Å². The molecule has 0 aromatic carbocycles. The molecule has 0 saturated heterocycles. The molecule has 0 radical (unpaired) electrons. The van der Waals surface area contributed by atoms with Crippen molar-refractivity contribution in [1.29, 1.82) is 0 Å². The van der Waals surface area contributed by atoms with Crippen LogP contribution in [0.25, 0.3) is 0 Å². The molecule has 7 heteroatoms. The van der Waals surface area contributed by atoms with Gasteiger partial charge in [-0.1, -0.05) is 0 Å². The zero-order valence-electron chi connectivity index (χ0n) is 12.4. The first kappa shape index (κ1) is 16.9. The number of hydrogen-bond donors (Lipinski definition) is 2. The summed E-state index contributed by atoms with van der Waals surface area (Å²) in [7, 11) is 3.43. The van der Waals surface area contributed by atoms with Crippen LogP contribution in [-0.4, -0.2) is 51.5 Å². The van der Waals surface area contributed by atoms with Crippen molar-refractivity contribution >= 4 is 17.3 Å². The predicted molar refractivity (Wildman–Crippen MR) is 82.4 cm³/mol. The van der Waals surface area contributed by atoms with E-state index < -0.39 is 0 Å². The number of aliphatic imine (C=N–C) groups is 1. The molecule has 114 valence electrons. The average molecular weight is 300 g/mol. The molecule has 1 rings (SSSR count). The summed E-state index contributed by atoms with van der Waals surface area (Å²) in [6, 6.07) is 0. The minimum Gasteiger partial charge on any atom is -0.382 e. The van der Waals surface area contributed by atoms with Crippen LogP contribution in [0.15, 0.2) is 11.2 Å². The van der Waals surface area contributed by atoms with Gasteiger partial charge in [0.05, 0.1) is 19.8 Å². The molecule has 0 unspecified atom stereocenters. The Morgan fingerprint density at radius 1 is 1.35 bits per heavy atom. The summed E-state index contributed by atoms with van der Waals surface area (Å²) in [5.41, 5.74) is 0. The minimum atomic E-state index is 0.643. The summed E-state index contributed by atoms with van der Waals surface area (Å²) < 4.78 is 10.3. The van der Waals surface area contributed by atoms with Crippen LogP contribution < -0.4 is 10.6 Å². The summed E-state index contributed by atoms with van der Waals surface area (Å²) in [5.74, 6) is 0.787. The number of nitrogens with one attached hydrogen (secondary N) is 2. The van der Waals surface area contributed by atoms with Crippen molar-refractivity contribution in [2.75, 3.05) is 40.5 Å². The van der Waals surface area contributed by atoms with Crippen LogP contribution in [-0.2, 0) is 16.0 Å². The van der Waals surface area contributed by atoms with Gasteiger partial charge in [0.15, 0.2) is 5.96 Å². The summed E-state index contributed by atoms with van der Waals surface area (Å²) in [6.45, 7) is 5.58. The van der Waals surface area contributed by atoms with E-state index >= 15 is 0 Å². The second kappa shape index (κ2) is 10.6. The lowest BCUT2D eigenvalue weighted by atomic mass is 10.4. The topological polar surface area (TPSA) is 67.8 Å². The van der Waals surface area contributed by atoms with Crippen molar-refractivity contribution in [2.45, 2.75) is 19.9 Å². The maximum Gasteiger partial charge on any atom is 0.191 e. The van der Waals surface area contributed by atoms with Crippen LogP contribution in [0.5, 0.6) is 0 Å². The van der Waals surface area contributed by atoms with Gasteiger partial charge in [-0.15, -0.1) is 11.3 Å². The molecule has 0 fully saturated rings. The number of ether oxygens (including phenoxy) is 2. The Kier molecular flexibility index (Phi) is 8.93. The molecule has 0 spiro atoms. The van der Waals surface area contributed by atoms with Crippen LogP contribution in [0.3, 0.4) is 0 Å². The second-order valence-electron chi connectivity index (χ2n) is 4.18. The molecule has 0 bridgehead atoms. The minimum absolute atomic E-state index is 0.643. The van der Waals surface area contributed by atoms with Crippen molar-refractivity contribution in [1.82, 2.24) is 15.6 Å². The molecule has 1 aromatic heterocycles. The summed E-state index contributed by atoms with van der Waals surface area (Å²) in [4.78, 5) is 9.69. The number of aromatic nitrogens is 1. The van der Waals surface area contributed by atoms with Gasteiger partial charge in [0.2, 0.25) is 0 Å². The lowest BCUT2D eigenvalue weighted by Gasteiger charge is -2.10. The van der Waals surface area contributed by atoms with E-state index in [-0.39, 0.29) is 0 Å². The summed E-state index contributed by atoms with van der Waals surface area (Å²) >= 11 is 1.69. The Labute approximate surface area is 124 Å². The maximum atomic E-state index is 5.39. The highest BCUT2D eigenvalue weighted by atomic mass is 32.1. The van der Waals surface area contributed by atoms with E-state index in [0.29, 0.717) is 19.8 Å². The van der Waals surface area contributed by atoms with Gasteiger partial charge in [-0.2, -0.15) is 0 Å². The standard InChI is InChI=1S/C13H24N4O2S/c1-11-9-16-12(20-11)10-17-13(14-2)15-5-4-6-19-8-7-18-3/h9H,4-8,10H2,1-3H3,(H2,14,15,17). The number of rotatable bonds is 9. The van der Waals surface area contributed by atoms with E-state index in [4.69, 9.17) is 9.47 Å². The fourth-order valence-corrected chi connectivity index (χ4v) is 2.22. The molecule has 20 heavy (non-hydrogen) atoms. The van der Waals surface area contributed by atoms with E-state index in [0.717, 1.165) is 30.5 Å². The molecular weight excluding hydrogens is 276 g/mol. The van der Waals surface area contributed by atoms with Crippen LogP contribution >= 0.6 is 11.3 Å². The first-order chi connectivity index (χ1) is 9.76. The Morgan fingerprint density at radius 3 is 2.85 bits per heavy atom. The average Bonchev–Trinajstić information content (AvgIpc) is 2.87. The fourth-order valence-electron chi connectivity index (χ4n) is 1.49. The molecule has 2 N–H and O–H groups in total. The molecule has 0 atom stereocenters. The van der Waals surface area contributed by atoms with E-state index in [1.165, 1.54) is 4.88 Å². The number of thiazole rings is 1. The Hall–Kier alpha value is -1.18. The number of nitrogens with zero attached hydrogens (tertiary/aromatic N) is 2. The summed E-state index contributed by atoms with van der Waals surface area (Å²) in [5, 5.41) is 7.54. The van der Waals surface area contributed by atoms with E-state index in [2.05, 4.69) is 27.5 Å². The van der Waals surface area contributed by atoms with Crippen molar-refractivity contribution in [3.8, 4) is 0 Å². The van der Waals surface area contributed by atoms with Gasteiger partial charge < -0.3 is 20.1 Å². The number of methoxy groups -OCH3 is 1. The largest absolute Gasteiger partial charge is 0.382 e. The molecule has 1 heterocycles. The summed E-state index contributed by atoms with van der Waals surface area (Å²) in [6.07, 6.45) is 2.82. The van der Waals surface area contributed by atoms with E-state index in [1.807, 2.05) is 6.20 Å². The number of aryl methyl sites for hydroxylation is 1. The van der Waals surface area contributed by atoms with E-state index in [1.54, 1.807) is 25.5 Å². The van der Waals surface area contributed by atoms with Gasteiger partial charge in [-0.25, -0.2) is 4.98 Å². The third kappa shape index (κ3) is 7.42. The van der Waals surface area contributed by atoms with Crippen molar-refractivity contribution in [3.63, 3.8) is 0 Å². The molecule has 0 saturated carbocycles. The highest BCUT2D eigenvalue weighted by molar-refractivity contribution is 7.11. The molecule has 6 nitrogen and oxygen atoms in total. The van der Waals surface area contributed by atoms with Gasteiger partial charge in [-0.05, 0) is 13.3 Å². The smallest absolute Gasteiger partial charge is 0.191 e. The molecular formula is C13H24N4O2S. The number of hydrogen-bond acceptors (Lipinski definition) is 5. The Balaban J connectivity index is 2.08. The first-order valence-electron chi connectivity index (χ1n) is 6.68. The van der Waals surface area contributed by atoms with Crippen LogP contribution in [0.2, 0.25) is 0 Å². The highest BCUT2D eigenvalue weighted by Gasteiger charge is 2.01. The Bertz CT molecular complexity index is 395. The lowest BCUT2D eigenvalue weighted by Crippen LogP contribution is -2.37. The van der Waals surface area contributed by atoms with Crippen molar-refractivity contribution in [2.24, 2.45) is 4.99 Å². The quantitative estimate of drug-likeness (QED) is 0.407. The van der Waals surface area contributed by atoms with Crippen molar-refractivity contribution in [3.05, 3.63) is 16.1 Å². The third-order valence-electron chi connectivity index (χ3n) is 2.49. The molecule has 0 aliphatic rings. The third-order valence-corrected chi connectivity index (χ3v) is 3.40. The highest BCUT2D eigenvalue weighted by Crippen LogP contribution is 2.10. The molecule has 0 aliphatic heterocycles. The SMILES string of the molecule is CN=C(NCCCOCCOC)NCc1ncc(C)s1. The molecule has 1 aromatic rings. The van der Waals surface area contributed by atoms with Crippen LogP contribution in [0.4, 0.5) is 0 Å². The fraction of sp³-hybridized carbons (Fsp3) is 0.692. The molecule has 0 aliphatic carbocycles. The van der Waals surface area contributed by atoms with Gasteiger partial charge in [0.1, 0.15) is 5.01 Å². The first-order valence-corrected chi connectivity index (χ1v) is 7.50. The van der Waals surface area contributed by atoms with Gasteiger partial charge in [-0.3, -0.25) is 4.99 Å². The predicted octanol–water partition coefficient (Wildman–Crippen LogP) is 1.17. The zero-order chi connectivity index (χ0) is 14.6. The van der Waals surface area contributed by atoms with E-state index in [9.17, 15) is 0 Å². The lowest BCUT2D eigenvalue weighted by molar-refractivity contribution is 0.0698. The van der Waals surface area contributed by atoms with Gasteiger partial charge >= 0.3 is 0 Å². The monoisotopic (exact) mass is 300 g/mol. The van der Waals surface area contributed by atoms with Crippen LogP contribution in [0.1, 0.15) is 16.3 Å².